The van der Waals surface area contributed by atoms with Crippen LogP contribution in [0.3, 0.4) is 0 Å². The molecule has 2 heterocycles. The van der Waals surface area contributed by atoms with Gasteiger partial charge in [-0.05, 0) is 50.3 Å². The third kappa shape index (κ3) is 5.62. The fraction of sp³-hybridized carbons (Fsp3) is 0.389. The van der Waals surface area contributed by atoms with E-state index in [0.29, 0.717) is 12.2 Å². The highest BCUT2D eigenvalue weighted by molar-refractivity contribution is 5.92. The Morgan fingerprint density at radius 3 is 2.54 bits per heavy atom. The van der Waals surface area contributed by atoms with Gasteiger partial charge in [-0.15, -0.1) is 0 Å². The van der Waals surface area contributed by atoms with Crippen LogP contribution in [0, 0.1) is 0 Å². The highest BCUT2D eigenvalue weighted by Crippen LogP contribution is 2.10. The van der Waals surface area contributed by atoms with Gasteiger partial charge in [0.2, 0.25) is 0 Å². The normalized spacial score (nSPS) is 10.7. The predicted octanol–water partition coefficient (Wildman–Crippen LogP) is 1.76. The summed E-state index contributed by atoms with van der Waals surface area (Å²) in [6, 6.07) is 7.61. The molecule has 0 spiro atoms. The van der Waals surface area contributed by atoms with E-state index >= 15 is 0 Å². The third-order valence-electron chi connectivity index (χ3n) is 3.70. The first-order valence-corrected chi connectivity index (χ1v) is 8.05. The molecule has 0 aliphatic rings. The predicted molar refractivity (Wildman–Crippen MR) is 96.2 cm³/mol. The third-order valence-corrected chi connectivity index (χ3v) is 3.70. The number of aromatic nitrogens is 2. The summed E-state index contributed by atoms with van der Waals surface area (Å²) in [5, 5.41) is 3.31. The van der Waals surface area contributed by atoms with Crippen LogP contribution >= 0.6 is 0 Å². The number of nitrogens with zero attached hydrogens (tertiary/aromatic N) is 4. The van der Waals surface area contributed by atoms with E-state index in [0.717, 1.165) is 30.8 Å². The van der Waals surface area contributed by atoms with Gasteiger partial charge in [-0.3, -0.25) is 14.8 Å². The second-order valence-electron chi connectivity index (χ2n) is 5.99. The fourth-order valence-electron chi connectivity index (χ4n) is 2.22. The van der Waals surface area contributed by atoms with Crippen molar-refractivity contribution >= 4 is 11.6 Å². The van der Waals surface area contributed by atoms with Crippen LogP contribution in [0.25, 0.3) is 0 Å². The molecule has 0 radical (unpaired) electrons. The number of rotatable bonds is 8. The molecule has 6 nitrogen and oxygen atoms in total. The molecule has 0 unspecified atom stereocenters. The molecule has 24 heavy (non-hydrogen) atoms. The number of carbonyl (C=O) groups excluding carboxylic acids is 1. The number of anilines is 1. The molecule has 0 fully saturated rings. The minimum Gasteiger partial charge on any atom is -0.384 e. The minimum atomic E-state index is -0.0692. The van der Waals surface area contributed by atoms with E-state index in [1.54, 1.807) is 36.6 Å². The van der Waals surface area contributed by atoms with Crippen LogP contribution in [0.5, 0.6) is 0 Å². The molecule has 0 aliphatic heterocycles. The zero-order valence-electron chi connectivity index (χ0n) is 14.6. The first kappa shape index (κ1) is 17.9. The molecule has 0 saturated heterocycles. The fourth-order valence-corrected chi connectivity index (χ4v) is 2.22. The zero-order valence-corrected chi connectivity index (χ0v) is 14.6. The summed E-state index contributed by atoms with van der Waals surface area (Å²) in [6.45, 7) is 2.39. The molecule has 128 valence electrons. The van der Waals surface area contributed by atoms with Crippen molar-refractivity contribution in [2.45, 2.75) is 6.42 Å². The van der Waals surface area contributed by atoms with E-state index in [2.05, 4.69) is 20.2 Å². The van der Waals surface area contributed by atoms with Crippen molar-refractivity contribution in [3.05, 3.63) is 54.1 Å². The van der Waals surface area contributed by atoms with Crippen molar-refractivity contribution in [3.63, 3.8) is 0 Å². The molecule has 1 amide bonds. The summed E-state index contributed by atoms with van der Waals surface area (Å²) >= 11 is 0. The van der Waals surface area contributed by atoms with Gasteiger partial charge in [-0.2, -0.15) is 0 Å². The van der Waals surface area contributed by atoms with Crippen molar-refractivity contribution < 1.29 is 4.79 Å². The van der Waals surface area contributed by atoms with Crippen molar-refractivity contribution in [2.75, 3.05) is 46.1 Å². The molecule has 2 rings (SSSR count). The van der Waals surface area contributed by atoms with Crippen molar-refractivity contribution in [1.29, 1.82) is 0 Å². The van der Waals surface area contributed by atoms with Gasteiger partial charge >= 0.3 is 0 Å². The van der Waals surface area contributed by atoms with Crippen molar-refractivity contribution in [3.8, 4) is 0 Å². The van der Waals surface area contributed by atoms with E-state index in [1.807, 2.05) is 32.3 Å². The summed E-state index contributed by atoms with van der Waals surface area (Å²) in [5.41, 5.74) is 2.54. The summed E-state index contributed by atoms with van der Waals surface area (Å²) < 4.78 is 0. The Kier molecular flexibility index (Phi) is 6.69. The summed E-state index contributed by atoms with van der Waals surface area (Å²) in [6.07, 6.45) is 6.00. The molecular formula is C18H25N5O. The van der Waals surface area contributed by atoms with Crippen LogP contribution in [-0.2, 0) is 6.42 Å². The van der Waals surface area contributed by atoms with Gasteiger partial charge in [-0.25, -0.2) is 0 Å². The number of amides is 1. The monoisotopic (exact) mass is 327 g/mol. The molecule has 6 heteroatoms. The van der Waals surface area contributed by atoms with Gasteiger partial charge in [0.1, 0.15) is 5.69 Å². The number of likely N-dealkylation sites (N-methyl/N-ethyl adjacent to an activating group) is 2. The molecule has 0 aliphatic carbocycles. The lowest BCUT2D eigenvalue weighted by molar-refractivity contribution is 0.0791. The SMILES string of the molecule is CN(C)CCNc1ccnc(C(=O)N(C)CCc2ccncc2)c1. The maximum atomic E-state index is 12.5. The first-order valence-electron chi connectivity index (χ1n) is 8.05. The van der Waals surface area contributed by atoms with Gasteiger partial charge < -0.3 is 15.1 Å². The maximum absolute atomic E-state index is 12.5. The lowest BCUT2D eigenvalue weighted by Gasteiger charge is -2.17. The van der Waals surface area contributed by atoms with Crippen LogP contribution in [0.1, 0.15) is 16.1 Å². The largest absolute Gasteiger partial charge is 0.384 e. The standard InChI is InChI=1S/C18H25N5O/c1-22(2)13-11-20-16-6-10-21-17(14-16)18(24)23(3)12-7-15-4-8-19-9-5-15/h4-6,8-10,14H,7,11-13H2,1-3H3,(H,20,21). The van der Waals surface area contributed by atoms with Crippen molar-refractivity contribution in [1.82, 2.24) is 19.8 Å². The highest BCUT2D eigenvalue weighted by atomic mass is 16.2. The Morgan fingerprint density at radius 2 is 1.83 bits per heavy atom. The quantitative estimate of drug-likeness (QED) is 0.800. The number of hydrogen-bond donors (Lipinski definition) is 1. The second kappa shape index (κ2) is 8.98. The molecule has 2 aromatic heterocycles. The van der Waals surface area contributed by atoms with E-state index in [9.17, 15) is 4.79 Å². The number of nitrogens with one attached hydrogen (secondary N) is 1. The first-order chi connectivity index (χ1) is 11.6. The smallest absolute Gasteiger partial charge is 0.272 e. The average molecular weight is 327 g/mol. The Morgan fingerprint density at radius 1 is 1.08 bits per heavy atom. The summed E-state index contributed by atoms with van der Waals surface area (Å²) in [4.78, 5) is 24.5. The molecular weight excluding hydrogens is 302 g/mol. The van der Waals surface area contributed by atoms with Crippen LogP contribution < -0.4 is 5.32 Å². The van der Waals surface area contributed by atoms with Crippen LogP contribution in [0.4, 0.5) is 5.69 Å². The van der Waals surface area contributed by atoms with E-state index in [4.69, 9.17) is 0 Å². The minimum absolute atomic E-state index is 0.0692. The van der Waals surface area contributed by atoms with E-state index in [1.165, 1.54) is 0 Å². The Balaban J connectivity index is 1.90. The summed E-state index contributed by atoms with van der Waals surface area (Å²) in [7, 11) is 5.86. The van der Waals surface area contributed by atoms with Gasteiger partial charge in [0.25, 0.3) is 5.91 Å². The molecule has 0 saturated carbocycles. The molecule has 0 bridgehead atoms. The maximum Gasteiger partial charge on any atom is 0.272 e. The Hall–Kier alpha value is -2.47. The average Bonchev–Trinajstić information content (AvgIpc) is 2.60. The van der Waals surface area contributed by atoms with Gasteiger partial charge in [-0.1, -0.05) is 0 Å². The number of carbonyl (C=O) groups is 1. The summed E-state index contributed by atoms with van der Waals surface area (Å²) in [5.74, 6) is -0.0692. The Bertz CT molecular complexity index is 645. The van der Waals surface area contributed by atoms with E-state index < -0.39 is 0 Å². The van der Waals surface area contributed by atoms with Gasteiger partial charge in [0.05, 0.1) is 0 Å². The van der Waals surface area contributed by atoms with Crippen LogP contribution in [0.15, 0.2) is 42.9 Å². The Labute approximate surface area is 143 Å². The molecule has 0 atom stereocenters. The molecule has 0 aromatic carbocycles. The van der Waals surface area contributed by atoms with Crippen LogP contribution in [-0.4, -0.2) is 66.5 Å². The van der Waals surface area contributed by atoms with Crippen LogP contribution in [0.2, 0.25) is 0 Å². The number of pyridine rings is 2. The zero-order chi connectivity index (χ0) is 17.4. The lowest BCUT2D eigenvalue weighted by atomic mass is 10.2. The lowest BCUT2D eigenvalue weighted by Crippen LogP contribution is -2.29. The molecule has 2 aromatic rings. The topological polar surface area (TPSA) is 61.4 Å². The van der Waals surface area contributed by atoms with Crippen molar-refractivity contribution in [2.24, 2.45) is 0 Å². The van der Waals surface area contributed by atoms with Gasteiger partial charge in [0.15, 0.2) is 0 Å². The van der Waals surface area contributed by atoms with E-state index in [-0.39, 0.29) is 5.91 Å². The number of hydrogen-bond acceptors (Lipinski definition) is 5. The van der Waals surface area contributed by atoms with Gasteiger partial charge in [0, 0.05) is 51.0 Å². The molecule has 1 N–H and O–H groups in total. The highest BCUT2D eigenvalue weighted by Gasteiger charge is 2.13. The second-order valence-corrected chi connectivity index (χ2v) is 5.99.